The second kappa shape index (κ2) is 5.64. The first-order valence-electron chi connectivity index (χ1n) is 7.01. The highest BCUT2D eigenvalue weighted by atomic mass is 16.3. The Bertz CT molecular complexity index is 573. The van der Waals surface area contributed by atoms with Gasteiger partial charge in [0.05, 0.1) is 18.0 Å². The molecular formula is C15H20N4O. The Morgan fingerprint density at radius 2 is 1.90 bits per heavy atom. The molecule has 1 saturated heterocycles. The summed E-state index contributed by atoms with van der Waals surface area (Å²) in [6.45, 7) is 5.78. The Kier molecular flexibility index (Phi) is 3.71. The lowest BCUT2D eigenvalue weighted by Gasteiger charge is -2.30. The van der Waals surface area contributed by atoms with E-state index in [0.29, 0.717) is 0 Å². The Morgan fingerprint density at radius 3 is 2.55 bits per heavy atom. The number of nitrogens with one attached hydrogen (secondary N) is 1. The Morgan fingerprint density at radius 1 is 1.20 bits per heavy atom. The number of benzene rings is 1. The molecule has 1 aliphatic heterocycles. The fourth-order valence-corrected chi connectivity index (χ4v) is 2.68. The molecule has 2 aromatic rings. The highest BCUT2D eigenvalue weighted by molar-refractivity contribution is 5.55. The van der Waals surface area contributed by atoms with Crippen molar-refractivity contribution in [1.29, 1.82) is 0 Å². The summed E-state index contributed by atoms with van der Waals surface area (Å²) >= 11 is 0. The van der Waals surface area contributed by atoms with Gasteiger partial charge in [-0.3, -0.25) is 0 Å². The van der Waals surface area contributed by atoms with Gasteiger partial charge < -0.3 is 15.3 Å². The molecule has 5 nitrogen and oxygen atoms in total. The third-order valence-corrected chi connectivity index (χ3v) is 3.73. The third-order valence-electron chi connectivity index (χ3n) is 3.73. The van der Waals surface area contributed by atoms with Crippen LogP contribution in [0.3, 0.4) is 0 Å². The Hall–Kier alpha value is -1.85. The van der Waals surface area contributed by atoms with Crippen LogP contribution in [0.5, 0.6) is 0 Å². The molecule has 0 amide bonds. The lowest BCUT2D eigenvalue weighted by molar-refractivity contribution is 0.281. The second-order valence-electron chi connectivity index (χ2n) is 5.03. The highest BCUT2D eigenvalue weighted by Crippen LogP contribution is 2.27. The minimum absolute atomic E-state index is 0.0257. The van der Waals surface area contributed by atoms with Crippen molar-refractivity contribution in [3.8, 4) is 5.69 Å². The number of aliphatic hydroxyl groups excluding tert-OH is 1. The lowest BCUT2D eigenvalue weighted by Crippen LogP contribution is -2.44. The van der Waals surface area contributed by atoms with Gasteiger partial charge in [0, 0.05) is 31.7 Å². The van der Waals surface area contributed by atoms with Gasteiger partial charge in [-0.1, -0.05) is 18.2 Å². The number of hydrogen-bond donors (Lipinski definition) is 2. The summed E-state index contributed by atoms with van der Waals surface area (Å²) in [5, 5.41) is 17.7. The van der Waals surface area contributed by atoms with E-state index in [9.17, 15) is 5.11 Å². The molecule has 0 atom stereocenters. The van der Waals surface area contributed by atoms with Gasteiger partial charge in [0.2, 0.25) is 0 Å². The van der Waals surface area contributed by atoms with Crippen molar-refractivity contribution in [2.75, 3.05) is 31.1 Å². The van der Waals surface area contributed by atoms with E-state index in [1.54, 1.807) is 0 Å². The summed E-state index contributed by atoms with van der Waals surface area (Å²) in [5.74, 6) is 1.03. The number of hydrogen-bond acceptors (Lipinski definition) is 4. The number of nitrogens with zero attached hydrogens (tertiary/aromatic N) is 3. The van der Waals surface area contributed by atoms with E-state index < -0.39 is 0 Å². The maximum atomic E-state index is 9.69. The quantitative estimate of drug-likeness (QED) is 0.878. The topological polar surface area (TPSA) is 53.3 Å². The third kappa shape index (κ3) is 2.30. The molecule has 0 radical (unpaired) electrons. The SMILES string of the molecule is Cc1nn(-c2ccccc2)c(N2CCNCC2)c1CO. The number of aliphatic hydroxyl groups is 1. The summed E-state index contributed by atoms with van der Waals surface area (Å²) in [5.41, 5.74) is 2.85. The fraction of sp³-hybridized carbons (Fsp3) is 0.400. The predicted molar refractivity (Wildman–Crippen MR) is 79.3 cm³/mol. The van der Waals surface area contributed by atoms with Crippen molar-refractivity contribution in [3.05, 3.63) is 41.6 Å². The smallest absolute Gasteiger partial charge is 0.138 e. The molecule has 1 aliphatic rings. The van der Waals surface area contributed by atoms with Crippen molar-refractivity contribution in [3.63, 3.8) is 0 Å². The van der Waals surface area contributed by atoms with Crippen LogP contribution in [-0.4, -0.2) is 41.1 Å². The molecule has 2 N–H and O–H groups in total. The first kappa shape index (κ1) is 13.1. The number of aryl methyl sites for hydroxylation is 1. The molecule has 0 saturated carbocycles. The van der Waals surface area contributed by atoms with E-state index in [-0.39, 0.29) is 6.61 Å². The van der Waals surface area contributed by atoms with Gasteiger partial charge in [0.15, 0.2) is 0 Å². The van der Waals surface area contributed by atoms with Crippen molar-refractivity contribution in [2.24, 2.45) is 0 Å². The van der Waals surface area contributed by atoms with Crippen LogP contribution in [0.1, 0.15) is 11.3 Å². The maximum absolute atomic E-state index is 9.69. The average Bonchev–Trinajstić information content (AvgIpc) is 2.85. The zero-order chi connectivity index (χ0) is 13.9. The van der Waals surface area contributed by atoms with Crippen LogP contribution in [0, 0.1) is 6.92 Å². The minimum Gasteiger partial charge on any atom is -0.391 e. The Balaban J connectivity index is 2.09. The summed E-state index contributed by atoms with van der Waals surface area (Å²) in [6, 6.07) is 10.1. The largest absolute Gasteiger partial charge is 0.391 e. The van der Waals surface area contributed by atoms with Crippen LogP contribution >= 0.6 is 0 Å². The van der Waals surface area contributed by atoms with Crippen LogP contribution in [0.4, 0.5) is 5.82 Å². The van der Waals surface area contributed by atoms with E-state index in [1.807, 2.05) is 41.9 Å². The van der Waals surface area contributed by atoms with Gasteiger partial charge in [0.25, 0.3) is 0 Å². The van der Waals surface area contributed by atoms with E-state index in [4.69, 9.17) is 0 Å². The molecule has 20 heavy (non-hydrogen) atoms. The molecule has 3 rings (SSSR count). The molecule has 106 valence electrons. The first-order valence-corrected chi connectivity index (χ1v) is 7.01. The molecule has 0 bridgehead atoms. The van der Waals surface area contributed by atoms with E-state index in [1.165, 1.54) is 0 Å². The van der Waals surface area contributed by atoms with E-state index >= 15 is 0 Å². The van der Waals surface area contributed by atoms with Crippen molar-refractivity contribution >= 4 is 5.82 Å². The van der Waals surface area contributed by atoms with Gasteiger partial charge in [-0.2, -0.15) is 5.10 Å². The molecule has 0 spiro atoms. The zero-order valence-corrected chi connectivity index (χ0v) is 11.7. The van der Waals surface area contributed by atoms with Crippen LogP contribution < -0.4 is 10.2 Å². The zero-order valence-electron chi connectivity index (χ0n) is 11.7. The van der Waals surface area contributed by atoms with E-state index in [2.05, 4.69) is 15.3 Å². The van der Waals surface area contributed by atoms with Crippen LogP contribution in [0.2, 0.25) is 0 Å². The minimum atomic E-state index is 0.0257. The number of para-hydroxylation sites is 1. The van der Waals surface area contributed by atoms with Crippen molar-refractivity contribution in [2.45, 2.75) is 13.5 Å². The van der Waals surface area contributed by atoms with Crippen LogP contribution in [0.15, 0.2) is 30.3 Å². The van der Waals surface area contributed by atoms with Gasteiger partial charge >= 0.3 is 0 Å². The molecule has 5 heteroatoms. The van der Waals surface area contributed by atoms with Crippen molar-refractivity contribution < 1.29 is 5.11 Å². The second-order valence-corrected chi connectivity index (χ2v) is 5.03. The number of aromatic nitrogens is 2. The standard InChI is InChI=1S/C15H20N4O/c1-12-14(11-20)15(18-9-7-16-8-10-18)19(17-12)13-5-3-2-4-6-13/h2-6,16,20H,7-11H2,1H3. The summed E-state index contributed by atoms with van der Waals surface area (Å²) in [7, 11) is 0. The van der Waals surface area contributed by atoms with Gasteiger partial charge in [-0.05, 0) is 19.1 Å². The first-order chi connectivity index (χ1) is 9.81. The highest BCUT2D eigenvalue weighted by Gasteiger charge is 2.22. The fourth-order valence-electron chi connectivity index (χ4n) is 2.68. The van der Waals surface area contributed by atoms with Crippen molar-refractivity contribution in [1.82, 2.24) is 15.1 Å². The average molecular weight is 272 g/mol. The Labute approximate surface area is 118 Å². The molecule has 1 fully saturated rings. The summed E-state index contributed by atoms with van der Waals surface area (Å²) in [4.78, 5) is 2.30. The molecule has 1 aromatic carbocycles. The maximum Gasteiger partial charge on any atom is 0.138 e. The lowest BCUT2D eigenvalue weighted by atomic mass is 10.2. The van der Waals surface area contributed by atoms with Crippen LogP contribution in [0.25, 0.3) is 5.69 Å². The number of anilines is 1. The number of piperazine rings is 1. The molecule has 1 aromatic heterocycles. The normalized spacial score (nSPS) is 15.6. The molecular weight excluding hydrogens is 252 g/mol. The summed E-state index contributed by atoms with van der Waals surface area (Å²) in [6.07, 6.45) is 0. The number of rotatable bonds is 3. The van der Waals surface area contributed by atoms with Gasteiger partial charge in [-0.15, -0.1) is 0 Å². The molecule has 0 aliphatic carbocycles. The predicted octanol–water partition coefficient (Wildman–Crippen LogP) is 1.08. The monoisotopic (exact) mass is 272 g/mol. The van der Waals surface area contributed by atoms with Gasteiger partial charge in [0.1, 0.15) is 5.82 Å². The summed E-state index contributed by atoms with van der Waals surface area (Å²) < 4.78 is 1.95. The van der Waals surface area contributed by atoms with Gasteiger partial charge in [-0.25, -0.2) is 4.68 Å². The van der Waals surface area contributed by atoms with E-state index in [0.717, 1.165) is 48.9 Å². The molecule has 2 heterocycles. The van der Waals surface area contributed by atoms with Crippen LogP contribution in [-0.2, 0) is 6.61 Å². The molecule has 0 unspecified atom stereocenters.